The van der Waals surface area contributed by atoms with Crippen LogP contribution in [0.25, 0.3) is 0 Å². The first kappa shape index (κ1) is 12.5. The van der Waals surface area contributed by atoms with Crippen LogP contribution in [0.15, 0.2) is 17.3 Å². The van der Waals surface area contributed by atoms with E-state index in [-0.39, 0.29) is 11.1 Å². The highest BCUT2D eigenvalue weighted by molar-refractivity contribution is 7.89. The largest absolute Gasteiger partial charge is 0.306 e. The molecule has 0 unspecified atom stereocenters. The maximum Gasteiger partial charge on any atom is 0.259 e. The van der Waals surface area contributed by atoms with Crippen molar-refractivity contribution in [3.63, 3.8) is 0 Å². The number of nitrogens with one attached hydrogen (secondary N) is 1. The third-order valence-electron chi connectivity index (χ3n) is 3.33. The fraction of sp³-hybridized carbons (Fsp3) is 0.700. The van der Waals surface area contributed by atoms with Crippen molar-refractivity contribution >= 4 is 10.0 Å². The molecule has 0 saturated carbocycles. The second-order valence-corrected chi connectivity index (χ2v) is 6.44. The molecule has 1 saturated heterocycles. The highest BCUT2D eigenvalue weighted by Crippen LogP contribution is 2.20. The van der Waals surface area contributed by atoms with Gasteiger partial charge in [-0.3, -0.25) is 5.10 Å². The summed E-state index contributed by atoms with van der Waals surface area (Å²) in [5, 5.41) is 6.37. The summed E-state index contributed by atoms with van der Waals surface area (Å²) in [7, 11) is 0.284. The van der Waals surface area contributed by atoms with Crippen LogP contribution in [0.3, 0.4) is 0 Å². The van der Waals surface area contributed by atoms with Crippen molar-refractivity contribution < 1.29 is 8.42 Å². The van der Waals surface area contributed by atoms with Crippen LogP contribution in [0.4, 0.5) is 0 Å². The first-order valence-electron chi connectivity index (χ1n) is 5.68. The van der Waals surface area contributed by atoms with Crippen LogP contribution < -0.4 is 0 Å². The molecule has 1 N–H and O–H groups in total. The summed E-state index contributed by atoms with van der Waals surface area (Å²) in [6.07, 6.45) is 3.20. The predicted octanol–water partition coefficient (Wildman–Crippen LogP) is 0.124. The van der Waals surface area contributed by atoms with Crippen molar-refractivity contribution in [3.8, 4) is 0 Å². The number of sulfonamides is 1. The monoisotopic (exact) mass is 258 g/mol. The standard InChI is InChI=1S/C10H18N4O2S/c1-13-7-4-9(5-8-13)14(2)17(15,16)10-3-6-11-12-10/h3,6,9H,4-5,7-8H2,1-2H3,(H,11,12). The number of H-pyrrole nitrogens is 1. The minimum Gasteiger partial charge on any atom is -0.306 e. The summed E-state index contributed by atoms with van der Waals surface area (Å²) in [4.78, 5) is 2.22. The Morgan fingerprint density at radius 2 is 2.12 bits per heavy atom. The summed E-state index contributed by atoms with van der Waals surface area (Å²) in [5.74, 6) is 0. The quantitative estimate of drug-likeness (QED) is 0.836. The number of likely N-dealkylation sites (tertiary alicyclic amines) is 1. The third kappa shape index (κ3) is 2.51. The van der Waals surface area contributed by atoms with Gasteiger partial charge in [-0.05, 0) is 39.0 Å². The molecule has 0 amide bonds. The Hall–Kier alpha value is -0.920. The van der Waals surface area contributed by atoms with E-state index in [0.717, 1.165) is 25.9 Å². The molecule has 1 aliphatic heterocycles. The molecule has 0 aromatic carbocycles. The number of hydrogen-bond acceptors (Lipinski definition) is 4. The third-order valence-corrected chi connectivity index (χ3v) is 5.17. The number of nitrogens with zero attached hydrogens (tertiary/aromatic N) is 3. The van der Waals surface area contributed by atoms with E-state index < -0.39 is 10.0 Å². The maximum atomic E-state index is 12.2. The molecule has 0 aliphatic carbocycles. The smallest absolute Gasteiger partial charge is 0.259 e. The molecular formula is C10H18N4O2S. The van der Waals surface area contributed by atoms with E-state index in [1.807, 2.05) is 0 Å². The van der Waals surface area contributed by atoms with E-state index in [0.29, 0.717) is 0 Å². The van der Waals surface area contributed by atoms with Gasteiger partial charge in [0.25, 0.3) is 10.0 Å². The van der Waals surface area contributed by atoms with Crippen molar-refractivity contribution in [2.45, 2.75) is 23.9 Å². The lowest BCUT2D eigenvalue weighted by atomic mass is 10.1. The molecule has 96 valence electrons. The van der Waals surface area contributed by atoms with E-state index in [4.69, 9.17) is 0 Å². The summed E-state index contributed by atoms with van der Waals surface area (Å²) < 4.78 is 25.9. The number of aromatic nitrogens is 2. The summed E-state index contributed by atoms with van der Waals surface area (Å²) in [5.41, 5.74) is 0. The molecule has 6 nitrogen and oxygen atoms in total. The van der Waals surface area contributed by atoms with Gasteiger partial charge in [0.1, 0.15) is 0 Å². The Labute approximate surface area is 102 Å². The molecule has 1 aromatic heterocycles. The Morgan fingerprint density at radius 3 is 2.65 bits per heavy atom. The fourth-order valence-corrected chi connectivity index (χ4v) is 3.41. The van der Waals surface area contributed by atoms with E-state index in [2.05, 4.69) is 22.1 Å². The first-order chi connectivity index (χ1) is 8.01. The molecule has 17 heavy (non-hydrogen) atoms. The molecule has 0 radical (unpaired) electrons. The molecular weight excluding hydrogens is 240 g/mol. The van der Waals surface area contributed by atoms with Crippen molar-refractivity contribution in [2.24, 2.45) is 0 Å². The van der Waals surface area contributed by atoms with E-state index in [1.54, 1.807) is 7.05 Å². The molecule has 7 heteroatoms. The lowest BCUT2D eigenvalue weighted by Gasteiger charge is -2.34. The van der Waals surface area contributed by atoms with Gasteiger partial charge >= 0.3 is 0 Å². The van der Waals surface area contributed by atoms with Crippen LogP contribution in [0.1, 0.15) is 12.8 Å². The van der Waals surface area contributed by atoms with Crippen LogP contribution >= 0.6 is 0 Å². The topological polar surface area (TPSA) is 69.3 Å². The van der Waals surface area contributed by atoms with Gasteiger partial charge in [-0.2, -0.15) is 9.40 Å². The SMILES string of the molecule is CN1CCC(N(C)S(=O)(=O)c2ccn[nH]2)CC1. The minimum atomic E-state index is -3.42. The van der Waals surface area contributed by atoms with Crippen molar-refractivity contribution in [2.75, 3.05) is 27.2 Å². The van der Waals surface area contributed by atoms with Crippen LogP contribution in [0.5, 0.6) is 0 Å². The Balaban J connectivity index is 2.12. The average Bonchev–Trinajstić information content (AvgIpc) is 2.83. The molecule has 0 spiro atoms. The van der Waals surface area contributed by atoms with Gasteiger partial charge in [0.05, 0.1) is 6.20 Å². The highest BCUT2D eigenvalue weighted by Gasteiger charge is 2.30. The number of rotatable bonds is 3. The van der Waals surface area contributed by atoms with Gasteiger partial charge in [-0.25, -0.2) is 8.42 Å². The Bertz CT molecular complexity index is 449. The lowest BCUT2D eigenvalue weighted by molar-refractivity contribution is 0.197. The maximum absolute atomic E-state index is 12.2. The van der Waals surface area contributed by atoms with Crippen LogP contribution in [-0.4, -0.2) is 61.0 Å². The zero-order chi connectivity index (χ0) is 12.5. The first-order valence-corrected chi connectivity index (χ1v) is 7.12. The normalized spacial score (nSPS) is 19.9. The van der Waals surface area contributed by atoms with Crippen LogP contribution in [0, 0.1) is 0 Å². The van der Waals surface area contributed by atoms with Gasteiger partial charge in [-0.15, -0.1) is 0 Å². The molecule has 1 aromatic rings. The zero-order valence-electron chi connectivity index (χ0n) is 10.1. The van der Waals surface area contributed by atoms with E-state index in [9.17, 15) is 8.42 Å². The van der Waals surface area contributed by atoms with Crippen LogP contribution in [0.2, 0.25) is 0 Å². The summed E-state index contributed by atoms with van der Waals surface area (Å²) in [6, 6.07) is 1.57. The van der Waals surface area contributed by atoms with Gasteiger partial charge in [0.2, 0.25) is 0 Å². The second-order valence-electron chi connectivity index (χ2n) is 4.48. The van der Waals surface area contributed by atoms with Crippen LogP contribution in [-0.2, 0) is 10.0 Å². The summed E-state index contributed by atoms with van der Waals surface area (Å²) >= 11 is 0. The number of aromatic amines is 1. The van der Waals surface area contributed by atoms with E-state index >= 15 is 0 Å². The number of hydrogen-bond donors (Lipinski definition) is 1. The lowest BCUT2D eigenvalue weighted by Crippen LogP contribution is -2.44. The molecule has 0 bridgehead atoms. The van der Waals surface area contributed by atoms with Crippen molar-refractivity contribution in [1.29, 1.82) is 0 Å². The van der Waals surface area contributed by atoms with E-state index in [1.165, 1.54) is 16.6 Å². The number of piperidine rings is 1. The molecule has 1 aliphatic rings. The van der Waals surface area contributed by atoms with Gasteiger partial charge in [-0.1, -0.05) is 0 Å². The Kier molecular flexibility index (Phi) is 3.50. The Morgan fingerprint density at radius 1 is 1.47 bits per heavy atom. The minimum absolute atomic E-state index is 0.0829. The van der Waals surface area contributed by atoms with Gasteiger partial charge < -0.3 is 4.90 Å². The molecule has 2 rings (SSSR count). The van der Waals surface area contributed by atoms with Gasteiger partial charge in [0, 0.05) is 13.1 Å². The van der Waals surface area contributed by atoms with Gasteiger partial charge in [0.15, 0.2) is 5.03 Å². The summed E-state index contributed by atoms with van der Waals surface area (Å²) in [6.45, 7) is 1.88. The highest BCUT2D eigenvalue weighted by atomic mass is 32.2. The average molecular weight is 258 g/mol. The molecule has 0 atom stereocenters. The second kappa shape index (κ2) is 4.75. The molecule has 1 fully saturated rings. The van der Waals surface area contributed by atoms with Crippen molar-refractivity contribution in [1.82, 2.24) is 19.4 Å². The predicted molar refractivity (Wildman–Crippen MR) is 64.1 cm³/mol. The zero-order valence-corrected chi connectivity index (χ0v) is 10.9. The molecule has 2 heterocycles. The van der Waals surface area contributed by atoms with Crippen molar-refractivity contribution in [3.05, 3.63) is 12.3 Å². The fourth-order valence-electron chi connectivity index (χ4n) is 2.10.